The quantitative estimate of drug-likeness (QED) is 0.578. The molecule has 130 valence electrons. The number of hydrogen-bond donors (Lipinski definition) is 4. The van der Waals surface area contributed by atoms with E-state index in [-0.39, 0.29) is 22.6 Å². The Bertz CT molecular complexity index is 911. The molecule has 0 aliphatic carbocycles. The Morgan fingerprint density at radius 1 is 0.577 bits per heavy atom. The number of rotatable bonds is 4. The fourth-order valence-electron chi connectivity index (χ4n) is 2.87. The Labute approximate surface area is 149 Å². The predicted molar refractivity (Wildman–Crippen MR) is 97.7 cm³/mol. The second-order valence-electron chi connectivity index (χ2n) is 5.73. The van der Waals surface area contributed by atoms with Gasteiger partial charge in [-0.25, -0.2) is 0 Å². The minimum absolute atomic E-state index is 0.0617. The second kappa shape index (κ2) is 6.60. The van der Waals surface area contributed by atoms with E-state index in [1.807, 2.05) is 0 Å². The Hall–Kier alpha value is -3.80. The van der Waals surface area contributed by atoms with Crippen LogP contribution >= 0.6 is 0 Å². The van der Waals surface area contributed by atoms with Crippen molar-refractivity contribution in [3.05, 3.63) is 71.8 Å². The average Bonchev–Trinajstić information content (AvgIpc) is 2.61. The largest absolute Gasteiger partial charge is 0.508 e. The molecule has 0 radical (unpaired) electrons. The van der Waals surface area contributed by atoms with Gasteiger partial charge >= 0.3 is 0 Å². The van der Waals surface area contributed by atoms with E-state index in [1.165, 1.54) is 36.4 Å². The third-order valence-corrected chi connectivity index (χ3v) is 4.05. The van der Waals surface area contributed by atoms with Crippen molar-refractivity contribution in [1.82, 2.24) is 0 Å². The van der Waals surface area contributed by atoms with Crippen molar-refractivity contribution in [2.45, 2.75) is 0 Å². The van der Waals surface area contributed by atoms with Crippen LogP contribution in [0, 0.1) is 0 Å². The summed E-state index contributed by atoms with van der Waals surface area (Å²) >= 11 is 0. The van der Waals surface area contributed by atoms with Crippen molar-refractivity contribution in [3.8, 4) is 33.8 Å². The van der Waals surface area contributed by atoms with Crippen molar-refractivity contribution >= 4 is 11.8 Å². The highest BCUT2D eigenvalue weighted by Gasteiger charge is 2.21. The zero-order valence-corrected chi connectivity index (χ0v) is 13.6. The van der Waals surface area contributed by atoms with E-state index in [0.29, 0.717) is 22.3 Å². The number of phenolic OH excluding ortho intramolecular Hbond substituents is 2. The average molecular weight is 348 g/mol. The van der Waals surface area contributed by atoms with Crippen molar-refractivity contribution in [2.24, 2.45) is 11.5 Å². The predicted octanol–water partition coefficient (Wildman–Crippen LogP) is 2.63. The smallest absolute Gasteiger partial charge is 0.249 e. The van der Waals surface area contributed by atoms with Crippen LogP contribution in [0.1, 0.15) is 20.7 Å². The first kappa shape index (κ1) is 17.0. The maximum atomic E-state index is 12.0. The monoisotopic (exact) mass is 348 g/mol. The maximum Gasteiger partial charge on any atom is 0.249 e. The lowest BCUT2D eigenvalue weighted by atomic mass is 9.86. The maximum absolute atomic E-state index is 12.0. The van der Waals surface area contributed by atoms with Gasteiger partial charge in [0.25, 0.3) is 0 Å². The molecule has 0 aliphatic heterocycles. The number of aromatic hydroxyl groups is 2. The summed E-state index contributed by atoms with van der Waals surface area (Å²) in [6.45, 7) is 0. The zero-order valence-electron chi connectivity index (χ0n) is 13.6. The minimum atomic E-state index is -0.663. The molecule has 0 saturated carbocycles. The van der Waals surface area contributed by atoms with Crippen LogP contribution in [-0.4, -0.2) is 22.0 Å². The van der Waals surface area contributed by atoms with Crippen LogP contribution in [-0.2, 0) is 0 Å². The van der Waals surface area contributed by atoms with E-state index in [1.54, 1.807) is 24.3 Å². The van der Waals surface area contributed by atoms with E-state index >= 15 is 0 Å². The van der Waals surface area contributed by atoms with Gasteiger partial charge < -0.3 is 21.7 Å². The molecule has 26 heavy (non-hydrogen) atoms. The number of primary amides is 2. The molecule has 0 spiro atoms. The van der Waals surface area contributed by atoms with Gasteiger partial charge in [-0.1, -0.05) is 24.3 Å². The molecular formula is C20H16N2O4. The lowest BCUT2D eigenvalue weighted by Crippen LogP contribution is -2.17. The molecule has 6 heteroatoms. The molecule has 3 aromatic carbocycles. The topological polar surface area (TPSA) is 127 Å². The summed E-state index contributed by atoms with van der Waals surface area (Å²) < 4.78 is 0. The SMILES string of the molecule is NC(=O)c1ccc(C(N)=O)c(-c2ccc(O)cc2)c1-c1ccc(O)cc1. The van der Waals surface area contributed by atoms with Crippen LogP contribution in [0.4, 0.5) is 0 Å². The fraction of sp³-hybridized carbons (Fsp3) is 0. The van der Waals surface area contributed by atoms with E-state index < -0.39 is 11.8 Å². The molecule has 3 rings (SSSR count). The Morgan fingerprint density at radius 2 is 0.885 bits per heavy atom. The normalized spacial score (nSPS) is 10.5. The van der Waals surface area contributed by atoms with Crippen molar-refractivity contribution in [3.63, 3.8) is 0 Å². The van der Waals surface area contributed by atoms with E-state index in [9.17, 15) is 19.8 Å². The van der Waals surface area contributed by atoms with Crippen LogP contribution in [0.25, 0.3) is 22.3 Å². The third kappa shape index (κ3) is 3.08. The van der Waals surface area contributed by atoms with Gasteiger partial charge in [0.2, 0.25) is 11.8 Å². The molecule has 0 atom stereocenters. The van der Waals surface area contributed by atoms with Gasteiger partial charge in [0.1, 0.15) is 11.5 Å². The van der Waals surface area contributed by atoms with E-state index in [2.05, 4.69) is 0 Å². The highest BCUT2D eigenvalue weighted by atomic mass is 16.3. The summed E-state index contributed by atoms with van der Waals surface area (Å²) in [4.78, 5) is 24.0. The van der Waals surface area contributed by atoms with Gasteiger partial charge in [-0.15, -0.1) is 0 Å². The molecular weight excluding hydrogens is 332 g/mol. The van der Waals surface area contributed by atoms with Crippen LogP contribution in [0.2, 0.25) is 0 Å². The second-order valence-corrected chi connectivity index (χ2v) is 5.73. The molecule has 0 aliphatic rings. The molecule has 6 N–H and O–H groups in total. The first-order chi connectivity index (χ1) is 12.4. The van der Waals surface area contributed by atoms with Crippen LogP contribution < -0.4 is 11.5 Å². The van der Waals surface area contributed by atoms with E-state index in [0.717, 1.165) is 0 Å². The molecule has 3 aromatic rings. The zero-order chi connectivity index (χ0) is 18.8. The Balaban J connectivity index is 2.42. The highest BCUT2D eigenvalue weighted by molar-refractivity contribution is 6.10. The minimum Gasteiger partial charge on any atom is -0.508 e. The van der Waals surface area contributed by atoms with Crippen molar-refractivity contribution in [2.75, 3.05) is 0 Å². The van der Waals surface area contributed by atoms with Crippen LogP contribution in [0.3, 0.4) is 0 Å². The van der Waals surface area contributed by atoms with E-state index in [4.69, 9.17) is 11.5 Å². The van der Waals surface area contributed by atoms with Gasteiger partial charge in [0.15, 0.2) is 0 Å². The number of amides is 2. The third-order valence-electron chi connectivity index (χ3n) is 4.05. The lowest BCUT2D eigenvalue weighted by molar-refractivity contribution is 0.0989. The Kier molecular flexibility index (Phi) is 4.33. The summed E-state index contributed by atoms with van der Waals surface area (Å²) in [5.74, 6) is -1.20. The van der Waals surface area contributed by atoms with Gasteiger partial charge in [-0.2, -0.15) is 0 Å². The lowest BCUT2D eigenvalue weighted by Gasteiger charge is -2.17. The van der Waals surface area contributed by atoms with Gasteiger partial charge in [0.05, 0.1) is 0 Å². The standard InChI is InChI=1S/C20H16N2O4/c21-19(25)15-9-10-16(20(22)26)18(12-3-7-14(24)8-4-12)17(15)11-1-5-13(23)6-2-11/h1-10,23-24H,(H2,21,25)(H2,22,26). The van der Waals surface area contributed by atoms with Gasteiger partial charge in [-0.05, 0) is 47.5 Å². The van der Waals surface area contributed by atoms with Gasteiger partial charge in [-0.3, -0.25) is 9.59 Å². The molecule has 2 amide bonds. The van der Waals surface area contributed by atoms with Crippen LogP contribution in [0.5, 0.6) is 11.5 Å². The summed E-state index contributed by atoms with van der Waals surface area (Å²) in [6.07, 6.45) is 0. The number of phenols is 2. The summed E-state index contributed by atoms with van der Waals surface area (Å²) in [5, 5.41) is 19.1. The number of carbonyl (C=O) groups is 2. The fourth-order valence-corrected chi connectivity index (χ4v) is 2.87. The van der Waals surface area contributed by atoms with Crippen molar-refractivity contribution < 1.29 is 19.8 Å². The molecule has 0 bridgehead atoms. The highest BCUT2D eigenvalue weighted by Crippen LogP contribution is 2.38. The molecule has 0 saturated heterocycles. The number of benzene rings is 3. The van der Waals surface area contributed by atoms with Crippen molar-refractivity contribution in [1.29, 1.82) is 0 Å². The first-order valence-corrected chi connectivity index (χ1v) is 7.74. The number of hydrogen-bond acceptors (Lipinski definition) is 4. The molecule has 6 nitrogen and oxygen atoms in total. The Morgan fingerprint density at radius 3 is 1.15 bits per heavy atom. The van der Waals surface area contributed by atoms with Gasteiger partial charge in [0, 0.05) is 22.3 Å². The summed E-state index contributed by atoms with van der Waals surface area (Å²) in [6, 6.07) is 15.3. The first-order valence-electron chi connectivity index (χ1n) is 7.74. The summed E-state index contributed by atoms with van der Waals surface area (Å²) in [5.41, 5.74) is 13.5. The number of nitrogens with two attached hydrogens (primary N) is 2. The number of carbonyl (C=O) groups excluding carboxylic acids is 2. The molecule has 0 aromatic heterocycles. The summed E-state index contributed by atoms with van der Waals surface area (Å²) in [7, 11) is 0. The van der Waals surface area contributed by atoms with Crippen LogP contribution in [0.15, 0.2) is 60.7 Å². The molecule has 0 heterocycles. The molecule has 0 unspecified atom stereocenters. The molecule has 0 fully saturated rings.